The van der Waals surface area contributed by atoms with Crippen molar-refractivity contribution >= 4 is 16.9 Å². The summed E-state index contributed by atoms with van der Waals surface area (Å²) in [5.74, 6) is -0.321. The van der Waals surface area contributed by atoms with Gasteiger partial charge in [-0.05, 0) is 35.9 Å². The van der Waals surface area contributed by atoms with Crippen LogP contribution in [0, 0.1) is 11.3 Å². The number of carboxylic acid groups (broad SMARTS) is 1. The van der Waals surface area contributed by atoms with Gasteiger partial charge in [0.15, 0.2) is 6.61 Å². The molecule has 1 saturated heterocycles. The van der Waals surface area contributed by atoms with Crippen LogP contribution in [0.25, 0.3) is 10.9 Å². The number of nitrogens with zero attached hydrogens (tertiary/aromatic N) is 4. The monoisotopic (exact) mass is 405 g/mol. The lowest BCUT2D eigenvalue weighted by Crippen LogP contribution is -2.48. The predicted molar refractivity (Wildman–Crippen MR) is 111 cm³/mol. The Morgan fingerprint density at radius 2 is 2.00 bits per heavy atom. The van der Waals surface area contributed by atoms with Gasteiger partial charge >= 0.3 is 5.97 Å². The highest BCUT2D eigenvalue weighted by Crippen LogP contribution is 2.32. The van der Waals surface area contributed by atoms with Gasteiger partial charge in [0.1, 0.15) is 17.9 Å². The summed E-state index contributed by atoms with van der Waals surface area (Å²) >= 11 is 0. The number of hydrogen-bond donors (Lipinski definition) is 2. The SMILES string of the molecule is N#CCOc1ccc2[nH]cc(C(C(=O)O)N3CCN(Cc4ccncc4)CC3)c2c1. The van der Waals surface area contributed by atoms with Crippen molar-refractivity contribution in [3.63, 3.8) is 0 Å². The van der Waals surface area contributed by atoms with E-state index in [0.29, 0.717) is 24.4 Å². The number of ether oxygens (including phenoxy) is 1. The number of nitriles is 1. The first kappa shape index (κ1) is 19.9. The molecule has 2 aromatic heterocycles. The molecular weight excluding hydrogens is 382 g/mol. The summed E-state index contributed by atoms with van der Waals surface area (Å²) in [6.45, 7) is 3.71. The number of aromatic nitrogens is 2. The van der Waals surface area contributed by atoms with Crippen molar-refractivity contribution in [3.05, 3.63) is 60.0 Å². The summed E-state index contributed by atoms with van der Waals surface area (Å²) in [7, 11) is 0. The zero-order valence-corrected chi connectivity index (χ0v) is 16.5. The second-order valence-corrected chi connectivity index (χ2v) is 7.31. The summed E-state index contributed by atoms with van der Waals surface area (Å²) in [6, 6.07) is 10.6. The lowest BCUT2D eigenvalue weighted by molar-refractivity contribution is -0.144. The van der Waals surface area contributed by atoms with Crippen LogP contribution in [0.1, 0.15) is 17.2 Å². The summed E-state index contributed by atoms with van der Waals surface area (Å²) in [5.41, 5.74) is 2.76. The molecule has 2 N–H and O–H groups in total. The van der Waals surface area contributed by atoms with Crippen molar-refractivity contribution < 1.29 is 14.6 Å². The molecule has 1 aromatic carbocycles. The molecular formula is C22H23N5O3. The van der Waals surface area contributed by atoms with E-state index in [1.165, 1.54) is 5.56 Å². The molecule has 8 heteroatoms. The average molecular weight is 405 g/mol. The Bertz CT molecular complexity index is 1050. The molecule has 3 heterocycles. The van der Waals surface area contributed by atoms with E-state index in [4.69, 9.17) is 10.00 Å². The Morgan fingerprint density at radius 3 is 2.70 bits per heavy atom. The number of pyridine rings is 1. The van der Waals surface area contributed by atoms with Crippen LogP contribution in [0.4, 0.5) is 0 Å². The van der Waals surface area contributed by atoms with E-state index < -0.39 is 12.0 Å². The molecule has 1 atom stereocenters. The second-order valence-electron chi connectivity index (χ2n) is 7.31. The van der Waals surface area contributed by atoms with Gasteiger partial charge in [-0.3, -0.25) is 19.6 Å². The standard InChI is InChI=1S/C22H23N5O3/c23-5-12-30-17-1-2-20-18(13-17)19(14-25-20)21(22(28)29)27-10-8-26(9-11-27)15-16-3-6-24-7-4-16/h1-4,6-7,13-14,21,25H,8-12,15H2,(H,28,29). The Balaban J connectivity index is 1.51. The minimum absolute atomic E-state index is 0.0486. The van der Waals surface area contributed by atoms with Gasteiger partial charge in [0.25, 0.3) is 0 Å². The Hall–Kier alpha value is -3.41. The number of aromatic amines is 1. The van der Waals surface area contributed by atoms with Crippen LogP contribution in [0.15, 0.2) is 48.9 Å². The van der Waals surface area contributed by atoms with Crippen LogP contribution >= 0.6 is 0 Å². The molecule has 4 rings (SSSR count). The van der Waals surface area contributed by atoms with Gasteiger partial charge in [-0.1, -0.05) is 0 Å². The van der Waals surface area contributed by atoms with E-state index in [-0.39, 0.29) is 6.61 Å². The number of H-pyrrole nitrogens is 1. The molecule has 0 saturated carbocycles. The summed E-state index contributed by atoms with van der Waals surface area (Å²) in [4.78, 5) is 23.8. The maximum absolute atomic E-state index is 12.2. The number of carbonyl (C=O) groups is 1. The largest absolute Gasteiger partial charge is 0.480 e. The normalized spacial score (nSPS) is 16.2. The molecule has 0 radical (unpaired) electrons. The number of fused-ring (bicyclic) bond motifs is 1. The average Bonchev–Trinajstić information content (AvgIpc) is 3.17. The van der Waals surface area contributed by atoms with Gasteiger partial charge in [-0.2, -0.15) is 5.26 Å². The highest BCUT2D eigenvalue weighted by Gasteiger charge is 2.32. The van der Waals surface area contributed by atoms with Gasteiger partial charge in [-0.15, -0.1) is 0 Å². The number of rotatable bonds is 7. The van der Waals surface area contributed by atoms with E-state index >= 15 is 0 Å². The molecule has 1 aliphatic rings. The van der Waals surface area contributed by atoms with Crippen LogP contribution in [0.2, 0.25) is 0 Å². The van der Waals surface area contributed by atoms with E-state index in [0.717, 1.165) is 30.5 Å². The molecule has 1 fully saturated rings. The Kier molecular flexibility index (Phi) is 5.93. The van der Waals surface area contributed by atoms with Crippen LogP contribution in [-0.4, -0.2) is 63.6 Å². The van der Waals surface area contributed by atoms with E-state index in [2.05, 4.69) is 14.9 Å². The fourth-order valence-corrected chi connectivity index (χ4v) is 3.96. The minimum atomic E-state index is -0.873. The summed E-state index contributed by atoms with van der Waals surface area (Å²) in [6.07, 6.45) is 5.34. The second kappa shape index (κ2) is 8.95. The number of aliphatic carboxylic acids is 1. The fourth-order valence-electron chi connectivity index (χ4n) is 3.96. The number of benzene rings is 1. The Morgan fingerprint density at radius 1 is 1.23 bits per heavy atom. The van der Waals surface area contributed by atoms with Crippen molar-refractivity contribution in [1.82, 2.24) is 19.8 Å². The third-order valence-electron chi connectivity index (χ3n) is 5.44. The van der Waals surface area contributed by atoms with Crippen molar-refractivity contribution in [2.24, 2.45) is 0 Å². The van der Waals surface area contributed by atoms with Crippen molar-refractivity contribution in [3.8, 4) is 11.8 Å². The third kappa shape index (κ3) is 4.27. The quantitative estimate of drug-likeness (QED) is 0.622. The van der Waals surface area contributed by atoms with E-state index in [9.17, 15) is 9.90 Å². The van der Waals surface area contributed by atoms with Crippen molar-refractivity contribution in [1.29, 1.82) is 5.26 Å². The van der Waals surface area contributed by atoms with Crippen molar-refractivity contribution in [2.45, 2.75) is 12.6 Å². The zero-order chi connectivity index (χ0) is 20.9. The van der Waals surface area contributed by atoms with E-state index in [1.54, 1.807) is 30.7 Å². The first-order chi connectivity index (χ1) is 14.7. The van der Waals surface area contributed by atoms with Crippen LogP contribution in [0.3, 0.4) is 0 Å². The maximum atomic E-state index is 12.2. The molecule has 1 aliphatic heterocycles. The first-order valence-electron chi connectivity index (χ1n) is 9.84. The number of piperazine rings is 1. The Labute approximate surface area is 174 Å². The third-order valence-corrected chi connectivity index (χ3v) is 5.44. The molecule has 0 aliphatic carbocycles. The zero-order valence-electron chi connectivity index (χ0n) is 16.5. The highest BCUT2D eigenvalue weighted by molar-refractivity contribution is 5.90. The molecule has 0 spiro atoms. The van der Waals surface area contributed by atoms with Crippen molar-refractivity contribution in [2.75, 3.05) is 32.8 Å². The maximum Gasteiger partial charge on any atom is 0.325 e. The summed E-state index contributed by atoms with van der Waals surface area (Å²) < 4.78 is 5.40. The van der Waals surface area contributed by atoms with Gasteiger partial charge < -0.3 is 14.8 Å². The number of nitrogens with one attached hydrogen (secondary N) is 1. The molecule has 30 heavy (non-hydrogen) atoms. The van der Waals surface area contributed by atoms with Crippen LogP contribution < -0.4 is 4.74 Å². The predicted octanol–water partition coefficient (Wildman–Crippen LogP) is 2.41. The smallest absolute Gasteiger partial charge is 0.325 e. The van der Waals surface area contributed by atoms with Crippen LogP contribution in [-0.2, 0) is 11.3 Å². The molecule has 0 amide bonds. The lowest BCUT2D eigenvalue weighted by Gasteiger charge is -2.37. The molecule has 1 unspecified atom stereocenters. The highest BCUT2D eigenvalue weighted by atomic mass is 16.5. The van der Waals surface area contributed by atoms with Gasteiger partial charge in [0, 0.05) is 67.8 Å². The fraction of sp³-hybridized carbons (Fsp3) is 0.318. The summed E-state index contributed by atoms with van der Waals surface area (Å²) in [5, 5.41) is 19.5. The van der Waals surface area contributed by atoms with E-state index in [1.807, 2.05) is 29.2 Å². The topological polar surface area (TPSA) is 105 Å². The van der Waals surface area contributed by atoms with Gasteiger partial charge in [0.2, 0.25) is 0 Å². The first-order valence-corrected chi connectivity index (χ1v) is 9.84. The molecule has 154 valence electrons. The minimum Gasteiger partial charge on any atom is -0.480 e. The molecule has 8 nitrogen and oxygen atoms in total. The lowest BCUT2D eigenvalue weighted by atomic mass is 10.0. The number of hydrogen-bond acceptors (Lipinski definition) is 6. The molecule has 0 bridgehead atoms. The van der Waals surface area contributed by atoms with Crippen LogP contribution in [0.5, 0.6) is 5.75 Å². The van der Waals surface area contributed by atoms with Gasteiger partial charge in [-0.25, -0.2) is 0 Å². The number of carboxylic acids is 1. The molecule has 3 aromatic rings. The van der Waals surface area contributed by atoms with Gasteiger partial charge in [0.05, 0.1) is 0 Å².